The van der Waals surface area contributed by atoms with Crippen LogP contribution < -0.4 is 14.6 Å². The van der Waals surface area contributed by atoms with Crippen LogP contribution >= 0.6 is 0 Å². The van der Waals surface area contributed by atoms with Crippen LogP contribution in [0.5, 0.6) is 11.5 Å². The summed E-state index contributed by atoms with van der Waals surface area (Å²) in [5, 5.41) is 6.56. The first kappa shape index (κ1) is 29.4. The zero-order valence-electron chi connectivity index (χ0n) is 25.0. The van der Waals surface area contributed by atoms with Crippen molar-refractivity contribution >= 4 is 29.6 Å². The number of nitrogens with zero attached hydrogens (tertiary/aromatic N) is 4. The van der Waals surface area contributed by atoms with Gasteiger partial charge in [0, 0.05) is 30.3 Å². The predicted octanol–water partition coefficient (Wildman–Crippen LogP) is 7.36. The van der Waals surface area contributed by atoms with E-state index in [2.05, 4.69) is 6.92 Å². The fraction of sp³-hybridized carbons (Fsp3) is 0.531. The van der Waals surface area contributed by atoms with Gasteiger partial charge in [-0.05, 0) is 97.9 Å². The second kappa shape index (κ2) is 12.3. The Balaban J connectivity index is 1.82. The summed E-state index contributed by atoms with van der Waals surface area (Å²) in [7, 11) is 0. The van der Waals surface area contributed by atoms with Crippen molar-refractivity contribution in [3.05, 3.63) is 48.0 Å². The number of para-hydroxylation sites is 1. The van der Waals surface area contributed by atoms with E-state index in [1.54, 1.807) is 11.1 Å². The van der Waals surface area contributed by atoms with Crippen molar-refractivity contribution in [3.63, 3.8) is 0 Å². The van der Waals surface area contributed by atoms with Crippen molar-refractivity contribution in [3.8, 4) is 11.5 Å². The third-order valence-corrected chi connectivity index (χ3v) is 7.24. The Labute approximate surface area is 238 Å². The maximum absolute atomic E-state index is 13.4. The fourth-order valence-electron chi connectivity index (χ4n) is 5.16. The summed E-state index contributed by atoms with van der Waals surface area (Å²) in [5.41, 5.74) is 1.99. The second-order valence-corrected chi connectivity index (χ2v) is 11.7. The van der Waals surface area contributed by atoms with Gasteiger partial charge in [0.05, 0.1) is 5.69 Å². The van der Waals surface area contributed by atoms with Gasteiger partial charge in [-0.1, -0.05) is 25.1 Å². The van der Waals surface area contributed by atoms with Crippen molar-refractivity contribution < 1.29 is 19.1 Å². The number of rotatable bonds is 9. The Bertz CT molecular complexity index is 1220. The quantitative estimate of drug-likeness (QED) is 0.186. The lowest BCUT2D eigenvalue weighted by Gasteiger charge is -2.39. The smallest absolute Gasteiger partial charge is 0.411 e. The molecular formula is C32H44N4O4. The molecule has 1 aliphatic carbocycles. The van der Waals surface area contributed by atoms with Gasteiger partial charge in [-0.3, -0.25) is 9.69 Å². The minimum Gasteiger partial charge on any atom is -0.455 e. The number of anilines is 2. The molecule has 2 aliphatic rings. The molecule has 8 heteroatoms. The molecule has 216 valence electrons. The molecule has 1 unspecified atom stereocenters. The molecule has 0 bridgehead atoms. The van der Waals surface area contributed by atoms with E-state index < -0.39 is 17.9 Å². The Hall–Kier alpha value is -3.55. The van der Waals surface area contributed by atoms with Gasteiger partial charge in [-0.2, -0.15) is 5.10 Å². The summed E-state index contributed by atoms with van der Waals surface area (Å²) in [4.78, 5) is 30.4. The molecule has 1 aliphatic heterocycles. The average Bonchev–Trinajstić information content (AvgIpc) is 3.75. The van der Waals surface area contributed by atoms with E-state index in [4.69, 9.17) is 14.6 Å². The molecule has 2 atom stereocenters. The maximum atomic E-state index is 13.4. The topological polar surface area (TPSA) is 74.7 Å². The molecule has 0 N–H and O–H groups in total. The molecule has 8 nitrogen and oxygen atoms in total. The first-order valence-electron chi connectivity index (χ1n) is 14.5. The number of amides is 2. The summed E-state index contributed by atoms with van der Waals surface area (Å²) in [6.07, 6.45) is 5.14. The highest BCUT2D eigenvalue weighted by molar-refractivity contribution is 5.99. The van der Waals surface area contributed by atoms with Crippen LogP contribution in [-0.4, -0.2) is 47.5 Å². The number of carbonyl (C=O) groups excluding carboxylic acids is 2. The van der Waals surface area contributed by atoms with Crippen LogP contribution in [0, 0.1) is 5.92 Å². The summed E-state index contributed by atoms with van der Waals surface area (Å²) in [6.45, 7) is 14.1. The van der Waals surface area contributed by atoms with Gasteiger partial charge in [0.1, 0.15) is 23.2 Å². The first-order valence-corrected chi connectivity index (χ1v) is 14.5. The van der Waals surface area contributed by atoms with Crippen LogP contribution in [0.25, 0.3) is 0 Å². The van der Waals surface area contributed by atoms with E-state index in [9.17, 15) is 9.59 Å². The van der Waals surface area contributed by atoms with Gasteiger partial charge in [0.15, 0.2) is 5.75 Å². The molecule has 2 aromatic rings. The van der Waals surface area contributed by atoms with E-state index in [1.807, 2.05) is 93.9 Å². The zero-order valence-corrected chi connectivity index (χ0v) is 25.0. The molecule has 2 aromatic carbocycles. The normalized spacial score (nSPS) is 17.8. The van der Waals surface area contributed by atoms with Crippen LogP contribution in [0.4, 0.5) is 16.2 Å². The van der Waals surface area contributed by atoms with Crippen LogP contribution in [0.15, 0.2) is 47.6 Å². The summed E-state index contributed by atoms with van der Waals surface area (Å²) in [6, 6.07) is 13.8. The lowest BCUT2D eigenvalue weighted by Crippen LogP contribution is -2.49. The van der Waals surface area contributed by atoms with E-state index in [-0.39, 0.29) is 17.9 Å². The van der Waals surface area contributed by atoms with Crippen LogP contribution in [0.1, 0.15) is 79.7 Å². The van der Waals surface area contributed by atoms with Crippen molar-refractivity contribution in [2.45, 2.75) is 98.4 Å². The molecule has 0 aromatic heterocycles. The molecule has 40 heavy (non-hydrogen) atoms. The Kier molecular flexibility index (Phi) is 9.06. The number of hydrogen-bond donors (Lipinski definition) is 0. The highest BCUT2D eigenvalue weighted by Crippen LogP contribution is 2.47. The highest BCUT2D eigenvalue weighted by Gasteiger charge is 2.40. The van der Waals surface area contributed by atoms with Gasteiger partial charge in [0.2, 0.25) is 5.91 Å². The van der Waals surface area contributed by atoms with Gasteiger partial charge in [-0.25, -0.2) is 9.80 Å². The monoisotopic (exact) mass is 548 g/mol. The number of carbonyl (C=O) groups is 2. The third kappa shape index (κ3) is 6.60. The van der Waals surface area contributed by atoms with Crippen LogP contribution in [0.3, 0.4) is 0 Å². The third-order valence-electron chi connectivity index (χ3n) is 7.24. The maximum Gasteiger partial charge on any atom is 0.411 e. The minimum atomic E-state index is -0.622. The van der Waals surface area contributed by atoms with Crippen molar-refractivity contribution in [1.29, 1.82) is 0 Å². The number of fused-ring (bicyclic) bond motifs is 1. The number of ether oxygens (including phenoxy) is 2. The molecule has 1 heterocycles. The van der Waals surface area contributed by atoms with E-state index in [1.165, 1.54) is 0 Å². The Morgan fingerprint density at radius 1 is 1.12 bits per heavy atom. The first-order chi connectivity index (χ1) is 19.1. The summed E-state index contributed by atoms with van der Waals surface area (Å²) in [5.74, 6) is 1.66. The number of benzene rings is 2. The molecule has 0 radical (unpaired) electrons. The number of hydrogen-bond acceptors (Lipinski definition) is 6. The zero-order chi connectivity index (χ0) is 29.0. The molecule has 0 saturated heterocycles. The predicted molar refractivity (Wildman–Crippen MR) is 160 cm³/mol. The lowest BCUT2D eigenvalue weighted by molar-refractivity contribution is -0.120. The van der Waals surface area contributed by atoms with E-state index in [0.717, 1.165) is 49.0 Å². The summed E-state index contributed by atoms with van der Waals surface area (Å²) < 4.78 is 12.4. The molecule has 4 rings (SSSR count). The van der Waals surface area contributed by atoms with Gasteiger partial charge < -0.3 is 14.4 Å². The summed E-state index contributed by atoms with van der Waals surface area (Å²) >= 11 is 0. The SMILES string of the molecule is C/C=N\N(c1ccc2c(c1Oc1ccccc1)CC[C@H](C)N2C(=O)C1CC1)C(C)N(CCC)C(=O)OC(C)(C)C. The lowest BCUT2D eigenvalue weighted by atomic mass is 9.94. The Morgan fingerprint density at radius 3 is 2.42 bits per heavy atom. The largest absolute Gasteiger partial charge is 0.455 e. The Morgan fingerprint density at radius 2 is 1.82 bits per heavy atom. The van der Waals surface area contributed by atoms with Crippen molar-refractivity contribution in [2.24, 2.45) is 11.0 Å². The minimum absolute atomic E-state index is 0.115. The van der Waals surface area contributed by atoms with Gasteiger partial charge in [-0.15, -0.1) is 0 Å². The molecule has 2 amide bonds. The van der Waals surface area contributed by atoms with E-state index in [0.29, 0.717) is 18.0 Å². The van der Waals surface area contributed by atoms with Crippen LogP contribution in [0.2, 0.25) is 0 Å². The molecule has 1 fully saturated rings. The van der Waals surface area contributed by atoms with E-state index >= 15 is 0 Å². The second-order valence-electron chi connectivity index (χ2n) is 11.7. The molecular weight excluding hydrogens is 504 g/mol. The molecule has 0 spiro atoms. The van der Waals surface area contributed by atoms with Crippen molar-refractivity contribution in [1.82, 2.24) is 4.90 Å². The van der Waals surface area contributed by atoms with Gasteiger partial charge >= 0.3 is 6.09 Å². The highest BCUT2D eigenvalue weighted by atomic mass is 16.6. The van der Waals surface area contributed by atoms with Crippen molar-refractivity contribution in [2.75, 3.05) is 16.5 Å². The standard InChI is InChI=1S/C32H44N4O4/c1-8-21-34(31(38)40-32(5,6)7)23(4)36(33-9-2)28-20-19-27-26(29(28)39-25-13-11-10-12-14-25)18-15-22(3)35(27)30(37)24-16-17-24/h9-14,19-20,22-24H,8,15-18,21H2,1-7H3/b33-9-/t22-,23?/m0/s1. The average molecular weight is 549 g/mol. The number of hydrazone groups is 1. The molecule has 1 saturated carbocycles. The van der Waals surface area contributed by atoms with Crippen LogP contribution in [-0.2, 0) is 16.0 Å². The van der Waals surface area contributed by atoms with Gasteiger partial charge in [0.25, 0.3) is 0 Å². The fourth-order valence-corrected chi connectivity index (χ4v) is 5.16.